The number of methoxy groups -OCH3 is 1. The number of rotatable bonds is 7. The molecule has 0 spiro atoms. The molecule has 146 valence electrons. The third kappa shape index (κ3) is 4.42. The van der Waals surface area contributed by atoms with Gasteiger partial charge in [0.2, 0.25) is 11.8 Å². The minimum absolute atomic E-state index is 0.0295. The van der Waals surface area contributed by atoms with Gasteiger partial charge in [-0.25, -0.2) is 4.98 Å². The first-order valence-corrected chi connectivity index (χ1v) is 9.42. The topological polar surface area (TPSA) is 55.6 Å². The van der Waals surface area contributed by atoms with E-state index in [-0.39, 0.29) is 18.4 Å². The SMILES string of the molecule is COc1ccccc1-c1nc(CC(=O)N(Cc2ccccc2)C(C)C)c(C)o1. The number of ether oxygens (including phenoxy) is 1. The summed E-state index contributed by atoms with van der Waals surface area (Å²) in [6.07, 6.45) is 0.204. The van der Waals surface area contributed by atoms with Gasteiger partial charge in [-0.2, -0.15) is 0 Å². The number of hydrogen-bond donors (Lipinski definition) is 0. The van der Waals surface area contributed by atoms with Gasteiger partial charge >= 0.3 is 0 Å². The van der Waals surface area contributed by atoms with Crippen LogP contribution in [-0.4, -0.2) is 28.9 Å². The Labute approximate surface area is 166 Å². The van der Waals surface area contributed by atoms with Crippen LogP contribution in [0.1, 0.15) is 30.9 Å². The molecule has 0 atom stereocenters. The second kappa shape index (κ2) is 8.74. The van der Waals surface area contributed by atoms with Crippen LogP contribution in [-0.2, 0) is 17.8 Å². The number of aryl methyl sites for hydroxylation is 1. The zero-order valence-electron chi connectivity index (χ0n) is 16.8. The highest BCUT2D eigenvalue weighted by molar-refractivity contribution is 5.79. The van der Waals surface area contributed by atoms with Crippen molar-refractivity contribution in [2.75, 3.05) is 7.11 Å². The van der Waals surface area contributed by atoms with Crippen molar-refractivity contribution in [2.45, 2.75) is 39.8 Å². The lowest BCUT2D eigenvalue weighted by atomic mass is 10.1. The molecule has 0 fully saturated rings. The van der Waals surface area contributed by atoms with Gasteiger partial charge in [0.15, 0.2) is 0 Å². The Balaban J connectivity index is 1.80. The summed E-state index contributed by atoms with van der Waals surface area (Å²) in [5.74, 6) is 1.84. The van der Waals surface area contributed by atoms with Crippen LogP contribution in [0, 0.1) is 6.92 Å². The number of nitrogens with zero attached hydrogens (tertiary/aromatic N) is 2. The van der Waals surface area contributed by atoms with Crippen LogP contribution >= 0.6 is 0 Å². The fourth-order valence-corrected chi connectivity index (χ4v) is 3.11. The first-order chi connectivity index (χ1) is 13.5. The lowest BCUT2D eigenvalue weighted by molar-refractivity contribution is -0.132. The normalized spacial score (nSPS) is 10.9. The van der Waals surface area contributed by atoms with Crippen LogP contribution < -0.4 is 4.74 Å². The fourth-order valence-electron chi connectivity index (χ4n) is 3.11. The van der Waals surface area contributed by atoms with E-state index in [0.29, 0.717) is 29.6 Å². The number of amides is 1. The van der Waals surface area contributed by atoms with Crippen molar-refractivity contribution < 1.29 is 13.9 Å². The van der Waals surface area contributed by atoms with Crippen LogP contribution in [0.5, 0.6) is 5.75 Å². The van der Waals surface area contributed by atoms with Gasteiger partial charge in [-0.3, -0.25) is 4.79 Å². The van der Waals surface area contributed by atoms with E-state index in [2.05, 4.69) is 4.98 Å². The van der Waals surface area contributed by atoms with E-state index in [1.54, 1.807) is 7.11 Å². The van der Waals surface area contributed by atoms with Crippen LogP contribution in [0.25, 0.3) is 11.5 Å². The zero-order valence-corrected chi connectivity index (χ0v) is 16.8. The molecule has 0 aliphatic heterocycles. The summed E-state index contributed by atoms with van der Waals surface area (Å²) < 4.78 is 11.2. The molecule has 3 rings (SSSR count). The van der Waals surface area contributed by atoms with Crippen LogP contribution in [0.2, 0.25) is 0 Å². The lowest BCUT2D eigenvalue weighted by Gasteiger charge is -2.26. The van der Waals surface area contributed by atoms with E-state index >= 15 is 0 Å². The molecule has 0 aliphatic carbocycles. The predicted molar refractivity (Wildman–Crippen MR) is 109 cm³/mol. The van der Waals surface area contributed by atoms with Crippen molar-refractivity contribution in [3.05, 3.63) is 71.6 Å². The van der Waals surface area contributed by atoms with Gasteiger partial charge in [0.25, 0.3) is 0 Å². The van der Waals surface area contributed by atoms with Crippen molar-refractivity contribution in [3.63, 3.8) is 0 Å². The average molecular weight is 378 g/mol. The quantitative estimate of drug-likeness (QED) is 0.601. The van der Waals surface area contributed by atoms with Crippen molar-refractivity contribution in [1.29, 1.82) is 0 Å². The Kier molecular flexibility index (Phi) is 6.14. The van der Waals surface area contributed by atoms with Crippen LogP contribution in [0.4, 0.5) is 0 Å². The molecular formula is C23H26N2O3. The van der Waals surface area contributed by atoms with E-state index in [1.807, 2.05) is 80.3 Å². The minimum atomic E-state index is 0.0295. The number of oxazole rings is 1. The van der Waals surface area contributed by atoms with Crippen molar-refractivity contribution in [2.24, 2.45) is 0 Å². The molecule has 2 aromatic carbocycles. The number of aromatic nitrogens is 1. The molecule has 5 heteroatoms. The summed E-state index contributed by atoms with van der Waals surface area (Å²) in [5.41, 5.74) is 2.54. The van der Waals surface area contributed by atoms with E-state index in [9.17, 15) is 4.79 Å². The van der Waals surface area contributed by atoms with Gasteiger partial charge in [0.05, 0.1) is 24.8 Å². The van der Waals surface area contributed by atoms with E-state index in [1.165, 1.54) is 0 Å². The maximum absolute atomic E-state index is 13.0. The van der Waals surface area contributed by atoms with Gasteiger partial charge in [-0.05, 0) is 38.5 Å². The molecule has 5 nitrogen and oxygen atoms in total. The zero-order chi connectivity index (χ0) is 20.1. The molecule has 0 aliphatic rings. The highest BCUT2D eigenvalue weighted by Gasteiger charge is 2.22. The molecule has 0 saturated carbocycles. The molecular weight excluding hydrogens is 352 g/mol. The molecule has 0 radical (unpaired) electrons. The summed E-state index contributed by atoms with van der Waals surface area (Å²) in [5, 5.41) is 0. The summed E-state index contributed by atoms with van der Waals surface area (Å²) >= 11 is 0. The number of carbonyl (C=O) groups is 1. The highest BCUT2D eigenvalue weighted by atomic mass is 16.5. The maximum atomic E-state index is 13.0. The summed E-state index contributed by atoms with van der Waals surface area (Å²) in [7, 11) is 1.61. The third-order valence-electron chi connectivity index (χ3n) is 4.69. The molecule has 1 heterocycles. The smallest absolute Gasteiger partial charge is 0.230 e. The number of benzene rings is 2. The predicted octanol–water partition coefficient (Wildman–Crippen LogP) is 4.64. The monoisotopic (exact) mass is 378 g/mol. The van der Waals surface area contributed by atoms with E-state index < -0.39 is 0 Å². The van der Waals surface area contributed by atoms with E-state index in [0.717, 1.165) is 11.1 Å². The lowest BCUT2D eigenvalue weighted by Crippen LogP contribution is -2.37. The largest absolute Gasteiger partial charge is 0.496 e. The Morgan fingerprint density at radius 3 is 2.46 bits per heavy atom. The third-order valence-corrected chi connectivity index (χ3v) is 4.69. The fraction of sp³-hybridized carbons (Fsp3) is 0.304. The number of para-hydroxylation sites is 1. The van der Waals surface area contributed by atoms with Gasteiger partial charge in [0, 0.05) is 12.6 Å². The van der Waals surface area contributed by atoms with Crippen molar-refractivity contribution in [3.8, 4) is 17.2 Å². The van der Waals surface area contributed by atoms with Crippen LogP contribution in [0.3, 0.4) is 0 Å². The van der Waals surface area contributed by atoms with E-state index in [4.69, 9.17) is 9.15 Å². The maximum Gasteiger partial charge on any atom is 0.230 e. The van der Waals surface area contributed by atoms with Gasteiger partial charge < -0.3 is 14.1 Å². The number of hydrogen-bond acceptors (Lipinski definition) is 4. The highest BCUT2D eigenvalue weighted by Crippen LogP contribution is 2.30. The summed E-state index contributed by atoms with van der Waals surface area (Å²) in [4.78, 5) is 19.4. The first-order valence-electron chi connectivity index (χ1n) is 9.42. The molecule has 0 unspecified atom stereocenters. The van der Waals surface area contributed by atoms with Crippen molar-refractivity contribution in [1.82, 2.24) is 9.88 Å². The number of carbonyl (C=O) groups excluding carboxylic acids is 1. The Hall–Kier alpha value is -3.08. The average Bonchev–Trinajstić information content (AvgIpc) is 3.06. The molecule has 0 saturated heterocycles. The molecule has 3 aromatic rings. The van der Waals surface area contributed by atoms with Crippen LogP contribution in [0.15, 0.2) is 59.0 Å². The Morgan fingerprint density at radius 2 is 1.79 bits per heavy atom. The molecule has 1 aromatic heterocycles. The molecule has 28 heavy (non-hydrogen) atoms. The van der Waals surface area contributed by atoms with Gasteiger partial charge in [-0.1, -0.05) is 42.5 Å². The van der Waals surface area contributed by atoms with Gasteiger partial charge in [0.1, 0.15) is 11.5 Å². The summed E-state index contributed by atoms with van der Waals surface area (Å²) in [6.45, 7) is 6.46. The van der Waals surface area contributed by atoms with Crippen molar-refractivity contribution >= 4 is 5.91 Å². The standard InChI is InChI=1S/C23H26N2O3/c1-16(2)25(15-18-10-6-5-7-11-18)22(26)14-20-17(3)28-23(24-20)19-12-8-9-13-21(19)27-4/h5-13,16H,14-15H2,1-4H3. The second-order valence-electron chi connectivity index (χ2n) is 7.00. The Bertz CT molecular complexity index is 932. The minimum Gasteiger partial charge on any atom is -0.496 e. The molecule has 0 N–H and O–H groups in total. The first kappa shape index (κ1) is 19.7. The van der Waals surface area contributed by atoms with Gasteiger partial charge in [-0.15, -0.1) is 0 Å². The Morgan fingerprint density at radius 1 is 1.11 bits per heavy atom. The molecule has 1 amide bonds. The molecule has 0 bridgehead atoms. The second-order valence-corrected chi connectivity index (χ2v) is 7.00. The summed E-state index contributed by atoms with van der Waals surface area (Å²) in [6, 6.07) is 17.7.